The number of hydrogen-bond donors (Lipinski definition) is 0. The molecule has 6 heteroatoms. The fraction of sp³-hybridized carbons (Fsp3) is 0.500. The smallest absolute Gasteiger partial charge is 0.153 e. The molecule has 1 aromatic carbocycles. The molecule has 20 heavy (non-hydrogen) atoms. The third-order valence-corrected chi connectivity index (χ3v) is 5.78. The lowest BCUT2D eigenvalue weighted by Gasteiger charge is -2.33. The zero-order chi connectivity index (χ0) is 14.3. The van der Waals surface area contributed by atoms with Crippen molar-refractivity contribution in [1.82, 2.24) is 14.5 Å². The van der Waals surface area contributed by atoms with E-state index in [1.807, 2.05) is 24.9 Å². The van der Waals surface area contributed by atoms with Crippen molar-refractivity contribution in [3.63, 3.8) is 0 Å². The van der Waals surface area contributed by atoms with E-state index in [1.165, 1.54) is 5.56 Å². The first kappa shape index (κ1) is 13.6. The van der Waals surface area contributed by atoms with Crippen LogP contribution < -0.4 is 0 Å². The third kappa shape index (κ3) is 2.58. The molecule has 0 saturated carbocycles. The van der Waals surface area contributed by atoms with Gasteiger partial charge in [-0.2, -0.15) is 0 Å². The maximum Gasteiger partial charge on any atom is 0.153 e. The Kier molecular flexibility index (Phi) is 3.30. The average Bonchev–Trinajstić information content (AvgIpc) is 2.74. The predicted molar refractivity (Wildman–Crippen MR) is 79.2 cm³/mol. The largest absolute Gasteiger partial charge is 0.334 e. The van der Waals surface area contributed by atoms with Gasteiger partial charge in [0.25, 0.3) is 0 Å². The van der Waals surface area contributed by atoms with Crippen LogP contribution in [-0.4, -0.2) is 47.0 Å². The number of nitrogens with zero attached hydrogens (tertiary/aromatic N) is 3. The SMILES string of the molecule is CC1CS(=O)(=O)CCN1Cc1ccc2c(c1)ncn2C. The Morgan fingerprint density at radius 3 is 2.95 bits per heavy atom. The van der Waals surface area contributed by atoms with Crippen LogP contribution in [0.4, 0.5) is 0 Å². The standard InChI is InChI=1S/C14H19N3O2S/c1-11-9-20(18,19)6-5-17(11)8-12-3-4-14-13(7-12)15-10-16(14)2/h3-4,7,10-11H,5-6,8-9H2,1-2H3. The van der Waals surface area contributed by atoms with Crippen LogP contribution in [0.1, 0.15) is 12.5 Å². The molecule has 0 N–H and O–H groups in total. The molecule has 1 atom stereocenters. The van der Waals surface area contributed by atoms with Crippen molar-refractivity contribution in [3.05, 3.63) is 30.1 Å². The molecular weight excluding hydrogens is 274 g/mol. The van der Waals surface area contributed by atoms with Crippen molar-refractivity contribution in [3.8, 4) is 0 Å². The van der Waals surface area contributed by atoms with Crippen LogP contribution in [0.15, 0.2) is 24.5 Å². The van der Waals surface area contributed by atoms with Crippen LogP contribution >= 0.6 is 0 Å². The zero-order valence-electron chi connectivity index (χ0n) is 11.8. The molecule has 2 heterocycles. The molecule has 0 aliphatic carbocycles. The predicted octanol–water partition coefficient (Wildman–Crippen LogP) is 1.19. The summed E-state index contributed by atoms with van der Waals surface area (Å²) in [7, 11) is -0.867. The Morgan fingerprint density at radius 2 is 2.20 bits per heavy atom. The van der Waals surface area contributed by atoms with Gasteiger partial charge in [0.15, 0.2) is 9.84 Å². The molecule has 0 spiro atoms. The molecule has 0 bridgehead atoms. The second-order valence-electron chi connectivity index (χ2n) is 5.61. The van der Waals surface area contributed by atoms with E-state index in [-0.39, 0.29) is 17.5 Å². The number of fused-ring (bicyclic) bond motifs is 1. The van der Waals surface area contributed by atoms with Crippen molar-refractivity contribution in [2.45, 2.75) is 19.5 Å². The van der Waals surface area contributed by atoms with E-state index in [9.17, 15) is 8.42 Å². The van der Waals surface area contributed by atoms with E-state index < -0.39 is 9.84 Å². The lowest BCUT2D eigenvalue weighted by atomic mass is 10.1. The van der Waals surface area contributed by atoms with Gasteiger partial charge in [0.2, 0.25) is 0 Å². The van der Waals surface area contributed by atoms with Gasteiger partial charge in [0.05, 0.1) is 28.9 Å². The minimum Gasteiger partial charge on any atom is -0.334 e. The zero-order valence-corrected chi connectivity index (χ0v) is 12.6. The second kappa shape index (κ2) is 4.86. The van der Waals surface area contributed by atoms with Crippen molar-refractivity contribution in [1.29, 1.82) is 0 Å². The van der Waals surface area contributed by atoms with Crippen molar-refractivity contribution < 1.29 is 8.42 Å². The highest BCUT2D eigenvalue weighted by molar-refractivity contribution is 7.91. The van der Waals surface area contributed by atoms with Crippen LogP contribution in [0.5, 0.6) is 0 Å². The minimum atomic E-state index is -2.85. The minimum absolute atomic E-state index is 0.0770. The van der Waals surface area contributed by atoms with E-state index in [2.05, 4.69) is 28.1 Å². The van der Waals surface area contributed by atoms with Gasteiger partial charge < -0.3 is 4.57 Å². The second-order valence-corrected chi connectivity index (χ2v) is 7.84. The maximum absolute atomic E-state index is 11.6. The van der Waals surface area contributed by atoms with Crippen LogP contribution in [0.25, 0.3) is 11.0 Å². The lowest BCUT2D eigenvalue weighted by Crippen LogP contribution is -2.46. The number of benzene rings is 1. The number of imidazole rings is 1. The summed E-state index contributed by atoms with van der Waals surface area (Å²) in [6.45, 7) is 3.38. The summed E-state index contributed by atoms with van der Waals surface area (Å²) in [5.74, 6) is 0.530. The molecule has 1 unspecified atom stereocenters. The Morgan fingerprint density at radius 1 is 1.40 bits per heavy atom. The summed E-state index contributed by atoms with van der Waals surface area (Å²) in [5, 5.41) is 0. The topological polar surface area (TPSA) is 55.2 Å². The van der Waals surface area contributed by atoms with Gasteiger partial charge in [0, 0.05) is 26.2 Å². The Balaban J connectivity index is 1.79. The van der Waals surface area contributed by atoms with Gasteiger partial charge >= 0.3 is 0 Å². The number of sulfone groups is 1. The van der Waals surface area contributed by atoms with Gasteiger partial charge in [-0.05, 0) is 24.6 Å². The monoisotopic (exact) mass is 293 g/mol. The van der Waals surface area contributed by atoms with Gasteiger partial charge in [-0.15, -0.1) is 0 Å². The molecule has 3 rings (SSSR count). The molecular formula is C14H19N3O2S. The van der Waals surface area contributed by atoms with Gasteiger partial charge in [0.1, 0.15) is 0 Å². The number of rotatable bonds is 2. The lowest BCUT2D eigenvalue weighted by molar-refractivity contribution is 0.218. The summed E-state index contributed by atoms with van der Waals surface area (Å²) in [5.41, 5.74) is 3.28. The molecule has 2 aromatic rings. The maximum atomic E-state index is 11.6. The normalized spacial score (nSPS) is 23.2. The Hall–Kier alpha value is -1.40. The van der Waals surface area contributed by atoms with Gasteiger partial charge in [-0.1, -0.05) is 6.07 Å². The van der Waals surface area contributed by atoms with Crippen LogP contribution in [0.2, 0.25) is 0 Å². The summed E-state index contributed by atoms with van der Waals surface area (Å²) in [6.07, 6.45) is 1.81. The van der Waals surface area contributed by atoms with E-state index in [0.29, 0.717) is 6.54 Å². The van der Waals surface area contributed by atoms with E-state index in [1.54, 1.807) is 0 Å². The first-order valence-corrected chi connectivity index (χ1v) is 8.61. The van der Waals surface area contributed by atoms with Crippen molar-refractivity contribution in [2.24, 2.45) is 7.05 Å². The summed E-state index contributed by atoms with van der Waals surface area (Å²) >= 11 is 0. The number of hydrogen-bond acceptors (Lipinski definition) is 4. The number of aromatic nitrogens is 2. The van der Waals surface area contributed by atoms with Crippen LogP contribution in [-0.2, 0) is 23.4 Å². The first-order valence-electron chi connectivity index (χ1n) is 6.79. The third-order valence-electron chi connectivity index (χ3n) is 3.98. The van der Waals surface area contributed by atoms with Crippen molar-refractivity contribution >= 4 is 20.9 Å². The highest BCUT2D eigenvalue weighted by atomic mass is 32.2. The van der Waals surface area contributed by atoms with Gasteiger partial charge in [-0.3, -0.25) is 4.90 Å². The highest BCUT2D eigenvalue weighted by Crippen LogP contribution is 2.18. The van der Waals surface area contributed by atoms with Crippen LogP contribution in [0.3, 0.4) is 0 Å². The van der Waals surface area contributed by atoms with Crippen LogP contribution in [0, 0.1) is 0 Å². The average molecular weight is 293 g/mol. The summed E-state index contributed by atoms with van der Waals surface area (Å²) in [6, 6.07) is 6.33. The van der Waals surface area contributed by atoms with E-state index >= 15 is 0 Å². The highest BCUT2D eigenvalue weighted by Gasteiger charge is 2.27. The Labute approximate surface area is 119 Å². The Bertz CT molecular complexity index is 736. The van der Waals surface area contributed by atoms with Gasteiger partial charge in [-0.25, -0.2) is 13.4 Å². The quantitative estimate of drug-likeness (QED) is 0.834. The molecule has 5 nitrogen and oxygen atoms in total. The molecule has 1 aromatic heterocycles. The first-order chi connectivity index (χ1) is 9.44. The van der Waals surface area contributed by atoms with E-state index in [4.69, 9.17) is 0 Å². The van der Waals surface area contributed by atoms with E-state index in [0.717, 1.165) is 17.6 Å². The molecule has 1 fully saturated rings. The summed E-state index contributed by atoms with van der Waals surface area (Å²) < 4.78 is 25.2. The molecule has 1 saturated heterocycles. The fourth-order valence-electron chi connectivity index (χ4n) is 2.78. The summed E-state index contributed by atoms with van der Waals surface area (Å²) in [4.78, 5) is 6.59. The van der Waals surface area contributed by atoms with Crippen molar-refractivity contribution in [2.75, 3.05) is 18.1 Å². The fourth-order valence-corrected chi connectivity index (χ4v) is 4.41. The molecule has 1 aliphatic rings. The molecule has 108 valence electrons. The number of aryl methyl sites for hydroxylation is 1. The molecule has 0 radical (unpaired) electrons. The molecule has 0 amide bonds. The molecule has 1 aliphatic heterocycles.